The first-order valence-corrected chi connectivity index (χ1v) is 7.19. The maximum absolute atomic E-state index is 12.4. The Kier molecular flexibility index (Phi) is 5.14. The van der Waals surface area contributed by atoms with E-state index in [2.05, 4.69) is 22.4 Å². The van der Waals surface area contributed by atoms with Crippen molar-refractivity contribution in [3.8, 4) is 0 Å². The van der Waals surface area contributed by atoms with Gasteiger partial charge in [0.1, 0.15) is 0 Å². The van der Waals surface area contributed by atoms with Crippen molar-refractivity contribution in [1.82, 2.24) is 10.2 Å². The van der Waals surface area contributed by atoms with Crippen molar-refractivity contribution in [2.24, 2.45) is 0 Å². The highest BCUT2D eigenvalue weighted by molar-refractivity contribution is 5.96. The molecule has 20 heavy (non-hydrogen) atoms. The van der Waals surface area contributed by atoms with E-state index in [9.17, 15) is 4.79 Å². The van der Waals surface area contributed by atoms with Crippen LogP contribution in [0, 0.1) is 0 Å². The van der Waals surface area contributed by atoms with Gasteiger partial charge in [0.2, 0.25) is 0 Å². The summed E-state index contributed by atoms with van der Waals surface area (Å²) in [4.78, 5) is 12.4. The number of ether oxygens (including phenoxy) is 2. The Morgan fingerprint density at radius 1 is 1.55 bits per heavy atom. The van der Waals surface area contributed by atoms with Crippen LogP contribution < -0.4 is 5.32 Å². The molecule has 6 heteroatoms. The van der Waals surface area contributed by atoms with Crippen LogP contribution in [0.2, 0.25) is 0 Å². The number of carbonyl (C=O) groups is 1. The molecule has 0 saturated carbocycles. The molecule has 0 radical (unpaired) electrons. The zero-order chi connectivity index (χ0) is 14.4. The number of carbonyl (C=O) groups excluding carboxylic acids is 1. The Labute approximate surface area is 119 Å². The molecule has 2 N–H and O–H groups in total. The second-order valence-corrected chi connectivity index (χ2v) is 5.15. The average Bonchev–Trinajstić information content (AvgIpc) is 2.93. The van der Waals surface area contributed by atoms with Crippen molar-refractivity contribution in [1.29, 1.82) is 0 Å². The van der Waals surface area contributed by atoms with Gasteiger partial charge in [0.15, 0.2) is 11.4 Å². The predicted octanol–water partition coefficient (Wildman–Crippen LogP) is 1.89. The number of methoxy groups -OCH3 is 1. The lowest BCUT2D eigenvalue weighted by Gasteiger charge is -2.33. The Bertz CT molecular complexity index is 439. The Morgan fingerprint density at radius 3 is 2.95 bits per heavy atom. The molecule has 1 amide bonds. The zero-order valence-electron chi connectivity index (χ0n) is 12.2. The van der Waals surface area contributed by atoms with Gasteiger partial charge in [-0.1, -0.05) is 13.3 Å². The molecule has 0 unspecified atom stereocenters. The van der Waals surface area contributed by atoms with E-state index in [1.807, 2.05) is 6.07 Å². The summed E-state index contributed by atoms with van der Waals surface area (Å²) in [5.41, 5.74) is 0.251. The second kappa shape index (κ2) is 6.85. The Balaban J connectivity index is 1.97. The van der Waals surface area contributed by atoms with Gasteiger partial charge in [-0.15, -0.1) is 0 Å². The average molecular weight is 281 g/mol. The van der Waals surface area contributed by atoms with Crippen LogP contribution in [0.3, 0.4) is 0 Å². The molecule has 1 aliphatic rings. The van der Waals surface area contributed by atoms with E-state index >= 15 is 0 Å². The molecule has 0 aromatic carbocycles. The molecular weight excluding hydrogens is 258 g/mol. The van der Waals surface area contributed by atoms with Gasteiger partial charge >= 0.3 is 0 Å². The predicted molar refractivity (Wildman–Crippen MR) is 75.6 cm³/mol. The van der Waals surface area contributed by atoms with Crippen LogP contribution in [0.5, 0.6) is 0 Å². The molecule has 0 bridgehead atoms. The smallest absolute Gasteiger partial charge is 0.257 e. The van der Waals surface area contributed by atoms with Gasteiger partial charge in [-0.25, -0.2) is 0 Å². The van der Waals surface area contributed by atoms with Crippen molar-refractivity contribution in [2.75, 3.05) is 25.6 Å². The third kappa shape index (κ3) is 3.37. The highest BCUT2D eigenvalue weighted by atomic mass is 16.5. The van der Waals surface area contributed by atoms with Gasteiger partial charge < -0.3 is 14.8 Å². The highest BCUT2D eigenvalue weighted by Crippen LogP contribution is 2.26. The highest BCUT2D eigenvalue weighted by Gasteiger charge is 2.40. The molecule has 0 spiro atoms. The lowest BCUT2D eigenvalue weighted by molar-refractivity contribution is -0.149. The summed E-state index contributed by atoms with van der Waals surface area (Å²) in [6.45, 7) is 3.24. The van der Waals surface area contributed by atoms with Crippen LogP contribution >= 0.6 is 0 Å². The standard InChI is InChI=1S/C14H23N3O3/c1-3-4-5-11-10-12(17-16-11)15-13(18)14(19-2)6-8-20-9-7-14/h10H,3-9H2,1-2H3,(H2,15,16,17,18). The van der Waals surface area contributed by atoms with Gasteiger partial charge in [-0.05, 0) is 12.8 Å². The number of H-pyrrole nitrogens is 1. The lowest BCUT2D eigenvalue weighted by Crippen LogP contribution is -2.48. The minimum Gasteiger partial charge on any atom is -0.381 e. The van der Waals surface area contributed by atoms with Crippen LogP contribution in [0.4, 0.5) is 5.82 Å². The molecule has 1 aromatic heterocycles. The molecule has 1 aliphatic heterocycles. The molecule has 2 heterocycles. The molecule has 6 nitrogen and oxygen atoms in total. The van der Waals surface area contributed by atoms with Gasteiger partial charge in [-0.3, -0.25) is 9.89 Å². The molecule has 1 fully saturated rings. The molecule has 0 aliphatic carbocycles. The number of anilines is 1. The van der Waals surface area contributed by atoms with E-state index in [-0.39, 0.29) is 5.91 Å². The van der Waals surface area contributed by atoms with Gasteiger partial charge in [0.25, 0.3) is 5.91 Å². The van der Waals surface area contributed by atoms with Crippen LogP contribution in [0.25, 0.3) is 0 Å². The van der Waals surface area contributed by atoms with Crippen molar-refractivity contribution in [2.45, 2.75) is 44.6 Å². The number of hydrogen-bond acceptors (Lipinski definition) is 4. The maximum atomic E-state index is 12.4. The summed E-state index contributed by atoms with van der Waals surface area (Å²) < 4.78 is 10.7. The number of rotatable bonds is 6. The van der Waals surface area contributed by atoms with Crippen molar-refractivity contribution >= 4 is 11.7 Å². The normalized spacial score (nSPS) is 17.9. The molecule has 0 atom stereocenters. The monoisotopic (exact) mass is 281 g/mol. The third-order valence-corrected chi connectivity index (χ3v) is 3.78. The Morgan fingerprint density at radius 2 is 2.30 bits per heavy atom. The number of amides is 1. The number of nitrogens with zero attached hydrogens (tertiary/aromatic N) is 1. The minimum absolute atomic E-state index is 0.142. The molecule has 2 rings (SSSR count). The zero-order valence-corrected chi connectivity index (χ0v) is 12.2. The summed E-state index contributed by atoms with van der Waals surface area (Å²) in [7, 11) is 1.57. The molecule has 1 saturated heterocycles. The van der Waals surface area contributed by atoms with E-state index in [4.69, 9.17) is 9.47 Å². The van der Waals surface area contributed by atoms with Gasteiger partial charge in [0, 0.05) is 44.9 Å². The molecule has 1 aromatic rings. The fraction of sp³-hybridized carbons (Fsp3) is 0.714. The number of aromatic nitrogens is 2. The second-order valence-electron chi connectivity index (χ2n) is 5.15. The maximum Gasteiger partial charge on any atom is 0.257 e. The summed E-state index contributed by atoms with van der Waals surface area (Å²) in [6.07, 6.45) is 4.33. The number of aryl methyl sites for hydroxylation is 1. The Hall–Kier alpha value is -1.40. The summed E-state index contributed by atoms with van der Waals surface area (Å²) in [6, 6.07) is 1.89. The first kappa shape index (κ1) is 15.0. The van der Waals surface area contributed by atoms with E-state index in [1.165, 1.54) is 0 Å². The van der Waals surface area contributed by atoms with Crippen molar-refractivity contribution in [3.05, 3.63) is 11.8 Å². The largest absolute Gasteiger partial charge is 0.381 e. The third-order valence-electron chi connectivity index (χ3n) is 3.78. The quantitative estimate of drug-likeness (QED) is 0.835. The van der Waals surface area contributed by atoms with E-state index in [0.29, 0.717) is 31.9 Å². The van der Waals surface area contributed by atoms with Crippen LogP contribution in [-0.4, -0.2) is 42.0 Å². The SMILES string of the molecule is CCCCc1cc(NC(=O)C2(OC)CCOCC2)n[nH]1. The van der Waals surface area contributed by atoms with Crippen LogP contribution in [0.15, 0.2) is 6.07 Å². The summed E-state index contributed by atoms with van der Waals surface area (Å²) >= 11 is 0. The number of hydrogen-bond donors (Lipinski definition) is 2. The van der Waals surface area contributed by atoms with Gasteiger partial charge in [0.05, 0.1) is 0 Å². The molecule has 112 valence electrons. The fourth-order valence-electron chi connectivity index (χ4n) is 2.38. The number of unbranched alkanes of at least 4 members (excludes halogenated alkanes) is 1. The van der Waals surface area contributed by atoms with Crippen LogP contribution in [-0.2, 0) is 20.7 Å². The van der Waals surface area contributed by atoms with Crippen molar-refractivity contribution < 1.29 is 14.3 Å². The summed E-state index contributed by atoms with van der Waals surface area (Å²) in [5.74, 6) is 0.417. The molecular formula is C14H23N3O3. The lowest BCUT2D eigenvalue weighted by atomic mass is 9.93. The topological polar surface area (TPSA) is 76.2 Å². The first-order valence-electron chi connectivity index (χ1n) is 7.19. The van der Waals surface area contributed by atoms with Crippen LogP contribution in [0.1, 0.15) is 38.3 Å². The number of aromatic amines is 1. The van der Waals surface area contributed by atoms with Gasteiger partial charge in [-0.2, -0.15) is 5.10 Å². The van der Waals surface area contributed by atoms with E-state index < -0.39 is 5.60 Å². The van der Waals surface area contributed by atoms with E-state index in [1.54, 1.807) is 7.11 Å². The van der Waals surface area contributed by atoms with E-state index in [0.717, 1.165) is 25.0 Å². The fourth-order valence-corrected chi connectivity index (χ4v) is 2.38. The van der Waals surface area contributed by atoms with Crippen molar-refractivity contribution in [3.63, 3.8) is 0 Å². The number of nitrogens with one attached hydrogen (secondary N) is 2. The minimum atomic E-state index is -0.791. The first-order chi connectivity index (χ1) is 9.70. The summed E-state index contributed by atoms with van der Waals surface area (Å²) in [5, 5.41) is 9.91.